The van der Waals surface area contributed by atoms with Crippen LogP contribution in [0.5, 0.6) is 0 Å². The van der Waals surface area contributed by atoms with E-state index in [1.165, 1.54) is 360 Å². The maximum absolute atomic E-state index is 13.5. The lowest BCUT2D eigenvalue weighted by Crippen LogP contribution is -2.66. The molecule has 0 bridgehead atoms. The van der Waals surface area contributed by atoms with Gasteiger partial charge in [-0.15, -0.1) is 0 Å². The van der Waals surface area contributed by atoms with E-state index in [0.29, 0.717) is 6.42 Å². The molecule has 0 aromatic heterocycles. The lowest BCUT2D eigenvalue weighted by molar-refractivity contribution is -0.379. The Morgan fingerprint density at radius 2 is 0.564 bits per heavy atom. The highest BCUT2D eigenvalue weighted by Gasteiger charge is 2.54. The lowest BCUT2D eigenvalue weighted by Gasteiger charge is -2.48. The van der Waals surface area contributed by atoms with Gasteiger partial charge in [0.25, 0.3) is 0 Å². The van der Waals surface area contributed by atoms with Gasteiger partial charge in [-0.3, -0.25) is 4.79 Å². The monoisotopic (exact) mass is 1570 g/mol. The van der Waals surface area contributed by atoms with Crippen molar-refractivity contribution in [3.63, 3.8) is 0 Å². The van der Waals surface area contributed by atoms with Gasteiger partial charge < -0.3 is 89.9 Å². The predicted molar refractivity (Wildman–Crippen MR) is 444 cm³/mol. The van der Waals surface area contributed by atoms with Crippen LogP contribution in [0.25, 0.3) is 0 Å². The van der Waals surface area contributed by atoms with Crippen molar-refractivity contribution in [1.82, 2.24) is 5.32 Å². The second-order valence-corrected chi connectivity index (χ2v) is 33.8. The Hall–Kier alpha value is -1.47. The van der Waals surface area contributed by atoms with Crippen LogP contribution < -0.4 is 5.32 Å². The van der Waals surface area contributed by atoms with Crippen LogP contribution in [0, 0.1) is 0 Å². The topological polar surface area (TPSA) is 307 Å². The Bertz CT molecular complexity index is 2030. The molecule has 0 aliphatic carbocycles. The normalized spacial score (nSPS) is 25.1. The number of carbonyl (C=O) groups is 1. The molecule has 12 N–H and O–H groups in total. The second kappa shape index (κ2) is 71.6. The van der Waals surface area contributed by atoms with E-state index in [1.54, 1.807) is 6.08 Å². The number of allylic oxidation sites excluding steroid dienone is 1. The molecule has 17 atom stereocenters. The molecule has 19 nitrogen and oxygen atoms in total. The lowest BCUT2D eigenvalue weighted by atomic mass is 9.96. The van der Waals surface area contributed by atoms with Crippen LogP contribution >= 0.6 is 0 Å². The van der Waals surface area contributed by atoms with E-state index in [1.807, 2.05) is 6.08 Å². The summed E-state index contributed by atoms with van der Waals surface area (Å²) in [6, 6.07) is -0.971. The molecule has 0 aromatic rings. The molecule has 0 aromatic carbocycles. The van der Waals surface area contributed by atoms with Crippen molar-refractivity contribution in [3.05, 3.63) is 12.2 Å². The molecule has 1 amide bonds. The fourth-order valence-corrected chi connectivity index (χ4v) is 16.4. The smallest absolute Gasteiger partial charge is 0.220 e. The summed E-state index contributed by atoms with van der Waals surface area (Å²) in [6.07, 6.45) is 62.5. The van der Waals surface area contributed by atoms with E-state index in [0.717, 1.165) is 44.9 Å². The van der Waals surface area contributed by atoms with Gasteiger partial charge in [0.1, 0.15) is 73.2 Å². The quantitative estimate of drug-likeness (QED) is 0.0199. The van der Waals surface area contributed by atoms with Crippen LogP contribution in [-0.2, 0) is 33.2 Å². The Balaban J connectivity index is 1.28. The molecule has 3 aliphatic heterocycles. The maximum Gasteiger partial charge on any atom is 0.220 e. The highest BCUT2D eigenvalue weighted by molar-refractivity contribution is 5.76. The van der Waals surface area contributed by atoms with Crippen molar-refractivity contribution < 1.29 is 89.4 Å². The number of aliphatic hydroxyl groups is 11. The zero-order chi connectivity index (χ0) is 79.5. The minimum absolute atomic E-state index is 0.251. The molecule has 652 valence electrons. The van der Waals surface area contributed by atoms with Gasteiger partial charge in [0.05, 0.1) is 38.6 Å². The van der Waals surface area contributed by atoms with Crippen molar-refractivity contribution in [2.45, 2.75) is 535 Å². The van der Waals surface area contributed by atoms with Crippen LogP contribution in [-0.4, -0.2) is 193 Å². The van der Waals surface area contributed by atoms with Crippen molar-refractivity contribution in [1.29, 1.82) is 0 Å². The Morgan fingerprint density at radius 3 is 0.855 bits per heavy atom. The molecule has 3 rings (SSSR count). The first-order chi connectivity index (χ1) is 53.8. The molecule has 0 spiro atoms. The van der Waals surface area contributed by atoms with Crippen LogP contribution in [0.4, 0.5) is 0 Å². The molecular weight excluding hydrogens is 1390 g/mol. The molecule has 3 fully saturated rings. The summed E-state index contributed by atoms with van der Waals surface area (Å²) in [5, 5.41) is 121. The first-order valence-electron chi connectivity index (χ1n) is 46.9. The third kappa shape index (κ3) is 49.7. The van der Waals surface area contributed by atoms with Crippen molar-refractivity contribution in [2.24, 2.45) is 0 Å². The summed E-state index contributed by atoms with van der Waals surface area (Å²) in [5.41, 5.74) is 0. The Morgan fingerprint density at radius 1 is 0.318 bits per heavy atom. The first-order valence-corrected chi connectivity index (χ1v) is 46.9. The Labute approximate surface area is 671 Å². The van der Waals surface area contributed by atoms with Gasteiger partial charge >= 0.3 is 0 Å². The molecule has 19 heteroatoms. The minimum atomic E-state index is -1.98. The van der Waals surface area contributed by atoms with E-state index >= 15 is 0 Å². The van der Waals surface area contributed by atoms with E-state index in [4.69, 9.17) is 28.4 Å². The van der Waals surface area contributed by atoms with Gasteiger partial charge in [-0.05, 0) is 19.3 Å². The average molecular weight is 1570 g/mol. The Kier molecular flexibility index (Phi) is 66.9. The molecule has 3 aliphatic rings. The number of aliphatic hydroxyl groups excluding tert-OH is 11. The predicted octanol–water partition coefficient (Wildman–Crippen LogP) is 18.2. The van der Waals surface area contributed by atoms with Gasteiger partial charge in [-0.1, -0.05) is 418 Å². The number of hydrogen-bond donors (Lipinski definition) is 12. The number of unbranched alkanes of at least 4 members (excludes halogenated alkanes) is 62. The molecule has 110 heavy (non-hydrogen) atoms. The van der Waals surface area contributed by atoms with Gasteiger partial charge in [0.15, 0.2) is 18.9 Å². The largest absolute Gasteiger partial charge is 0.394 e. The maximum atomic E-state index is 13.5. The van der Waals surface area contributed by atoms with Crippen molar-refractivity contribution in [2.75, 3.05) is 26.4 Å². The molecule has 0 radical (unpaired) electrons. The number of nitrogens with one attached hydrogen (secondary N) is 1. The van der Waals surface area contributed by atoms with Crippen molar-refractivity contribution >= 4 is 5.91 Å². The number of carbonyl (C=O) groups excluding carboxylic acids is 1. The number of hydrogen-bond acceptors (Lipinski definition) is 18. The van der Waals surface area contributed by atoms with Gasteiger partial charge in [-0.25, -0.2) is 0 Å². The minimum Gasteiger partial charge on any atom is -0.394 e. The standard InChI is InChI=1S/C91H175NO18/c1-3-5-7-9-11-13-15-17-19-21-23-25-27-29-30-31-32-33-34-35-36-37-38-39-40-41-42-43-45-47-49-51-53-55-57-59-61-63-65-67-69-79(97)92-74(75(96)68-66-64-62-60-58-56-54-52-50-48-46-44-28-26-24-22-20-18-16-14-12-10-8-6-4-2)73-105-89-85(103)82(100)87(77(71-94)107-89)110-91-86(104)83(101)88(78(72-95)108-91)109-90-84(102)81(99)80(98)76(70-93)106-90/h66,68,74-78,80-91,93-96,98-104H,3-65,67,69-73H2,1-2H3,(H,92,97)/b68-66+. The summed E-state index contributed by atoms with van der Waals surface area (Å²) in [4.78, 5) is 13.5. The molecule has 3 saturated heterocycles. The number of ether oxygens (including phenoxy) is 6. The fraction of sp³-hybridized carbons (Fsp3) is 0.967. The summed E-state index contributed by atoms with van der Waals surface area (Å²) < 4.78 is 34.5. The summed E-state index contributed by atoms with van der Waals surface area (Å²) in [6.45, 7) is 1.82. The highest BCUT2D eigenvalue weighted by Crippen LogP contribution is 2.34. The fourth-order valence-electron chi connectivity index (χ4n) is 16.4. The summed E-state index contributed by atoms with van der Waals surface area (Å²) in [7, 11) is 0. The highest BCUT2D eigenvalue weighted by atomic mass is 16.8. The van der Waals surface area contributed by atoms with Crippen LogP contribution in [0.1, 0.15) is 431 Å². The zero-order valence-electron chi connectivity index (χ0n) is 70.5. The van der Waals surface area contributed by atoms with E-state index in [-0.39, 0.29) is 18.9 Å². The van der Waals surface area contributed by atoms with Gasteiger partial charge in [0, 0.05) is 6.42 Å². The van der Waals surface area contributed by atoms with Crippen molar-refractivity contribution in [3.8, 4) is 0 Å². The van der Waals surface area contributed by atoms with Crippen LogP contribution in [0.2, 0.25) is 0 Å². The summed E-state index contributed by atoms with van der Waals surface area (Å²) >= 11 is 0. The molecule has 17 unspecified atom stereocenters. The third-order valence-electron chi connectivity index (χ3n) is 23.8. The first kappa shape index (κ1) is 103. The van der Waals surface area contributed by atoms with Gasteiger partial charge in [-0.2, -0.15) is 0 Å². The van der Waals surface area contributed by atoms with E-state index < -0.39 is 124 Å². The molecule has 3 heterocycles. The van der Waals surface area contributed by atoms with Crippen LogP contribution in [0.15, 0.2) is 12.2 Å². The molecule has 0 saturated carbocycles. The third-order valence-corrected chi connectivity index (χ3v) is 23.8. The summed E-state index contributed by atoms with van der Waals surface area (Å²) in [5.74, 6) is -0.264. The number of rotatable bonds is 78. The van der Waals surface area contributed by atoms with E-state index in [2.05, 4.69) is 19.2 Å². The van der Waals surface area contributed by atoms with E-state index in [9.17, 15) is 61.0 Å². The SMILES string of the molecule is CCCCCCCCCCCCCCCCCCCCCCCCC/C=C/C(O)C(COC1OC(CO)C(OC2OC(CO)C(OC3OC(CO)C(O)C(O)C3O)C(O)C2O)C(O)C1O)NC(=O)CCCCCCCCCCCCCCCCCCCCCCCCCCCCCCCCCCCCCCCCCC. The van der Waals surface area contributed by atoms with Gasteiger partial charge in [0.2, 0.25) is 5.91 Å². The average Bonchev–Trinajstić information content (AvgIpc) is 0.779. The molecular formula is C91H175NO18. The zero-order valence-corrected chi connectivity index (χ0v) is 70.5. The van der Waals surface area contributed by atoms with Crippen LogP contribution in [0.3, 0.4) is 0 Å². The second-order valence-electron chi connectivity index (χ2n) is 33.8. The number of amides is 1.